The average molecular weight is 483 g/mol. The van der Waals surface area contributed by atoms with E-state index in [4.69, 9.17) is 11.5 Å². The maximum absolute atomic E-state index is 13.8. The minimum Gasteiger partial charge on any atom is -0.337 e. The predicted molar refractivity (Wildman–Crippen MR) is 124 cm³/mol. The third kappa shape index (κ3) is 4.73. The number of halogens is 3. The van der Waals surface area contributed by atoms with Gasteiger partial charge in [0.2, 0.25) is 0 Å². The Kier molecular flexibility index (Phi) is 5.96. The summed E-state index contributed by atoms with van der Waals surface area (Å²) >= 11 is 0. The Balaban J connectivity index is 1.50. The molecule has 1 aliphatic heterocycles. The summed E-state index contributed by atoms with van der Waals surface area (Å²) < 4.78 is 42.9. The minimum absolute atomic E-state index is 0.258. The van der Waals surface area contributed by atoms with Crippen LogP contribution in [0, 0.1) is 17.8 Å². The van der Waals surface area contributed by atoms with Crippen LogP contribution in [0.2, 0.25) is 0 Å². The molecule has 1 fully saturated rings. The maximum atomic E-state index is 13.8. The first-order valence-corrected chi connectivity index (χ1v) is 11.3. The molecular formula is C24H25F3N8. The molecule has 0 amide bonds. The minimum atomic E-state index is -4.51. The lowest BCUT2D eigenvalue weighted by atomic mass is 10.1. The van der Waals surface area contributed by atoms with Crippen LogP contribution in [0.5, 0.6) is 0 Å². The monoisotopic (exact) mass is 482 g/mol. The Morgan fingerprint density at radius 3 is 2.49 bits per heavy atom. The molecule has 1 aliphatic carbocycles. The standard InChI is InChI=1S/C24H25F3N8/c1-15(24(25,26)27)35-22(28)21-20(11-8-18(32-21)7-4-16-2-3-16)33(23(35)29)12-17-5-9-19(10-6-17)34-14-30-13-31-34/h5-6,8-11,13-16,22-23H,2-3,12,28-29H2,1H3. The molecule has 35 heavy (non-hydrogen) atoms. The number of pyridine rings is 1. The number of benzene rings is 1. The van der Waals surface area contributed by atoms with E-state index in [-0.39, 0.29) is 6.54 Å². The molecule has 4 N–H and O–H groups in total. The molecule has 2 aliphatic rings. The third-order valence-electron chi connectivity index (χ3n) is 6.31. The highest BCUT2D eigenvalue weighted by molar-refractivity contribution is 5.57. The van der Waals surface area contributed by atoms with Crippen molar-refractivity contribution in [2.75, 3.05) is 4.90 Å². The average Bonchev–Trinajstić information content (AvgIpc) is 3.51. The lowest BCUT2D eigenvalue weighted by Crippen LogP contribution is -2.65. The smallest absolute Gasteiger partial charge is 0.337 e. The SMILES string of the molecule is CC(N1C(N)c2nc(C#CC3CC3)ccc2N(Cc2ccc(-n3cncn3)cc2)C1N)C(F)(F)F. The van der Waals surface area contributed by atoms with Crippen molar-refractivity contribution in [3.8, 4) is 17.5 Å². The lowest BCUT2D eigenvalue weighted by molar-refractivity contribution is -0.193. The van der Waals surface area contributed by atoms with Crippen LogP contribution in [0.1, 0.15) is 42.9 Å². The third-order valence-corrected chi connectivity index (χ3v) is 6.31. The fourth-order valence-electron chi connectivity index (χ4n) is 4.12. The van der Waals surface area contributed by atoms with Gasteiger partial charge < -0.3 is 10.6 Å². The van der Waals surface area contributed by atoms with Crippen LogP contribution >= 0.6 is 0 Å². The molecule has 11 heteroatoms. The van der Waals surface area contributed by atoms with Crippen LogP contribution in [0.25, 0.3) is 5.69 Å². The Morgan fingerprint density at radius 1 is 1.11 bits per heavy atom. The molecule has 3 aromatic rings. The van der Waals surface area contributed by atoms with Gasteiger partial charge in [0.05, 0.1) is 17.1 Å². The zero-order valence-corrected chi connectivity index (χ0v) is 19.0. The zero-order valence-electron chi connectivity index (χ0n) is 19.0. The van der Waals surface area contributed by atoms with E-state index >= 15 is 0 Å². The first-order chi connectivity index (χ1) is 16.7. The maximum Gasteiger partial charge on any atom is 0.403 e. The number of anilines is 1. The van der Waals surface area contributed by atoms with Gasteiger partial charge in [-0.05, 0) is 55.5 Å². The molecule has 182 valence electrons. The van der Waals surface area contributed by atoms with Crippen LogP contribution in [0.4, 0.5) is 18.9 Å². The fraction of sp³-hybridized carbons (Fsp3) is 0.375. The van der Waals surface area contributed by atoms with Crippen LogP contribution in [-0.2, 0) is 6.54 Å². The van der Waals surface area contributed by atoms with E-state index in [9.17, 15) is 13.2 Å². The summed E-state index contributed by atoms with van der Waals surface area (Å²) in [6.45, 7) is 1.32. The van der Waals surface area contributed by atoms with Gasteiger partial charge in [-0.1, -0.05) is 18.1 Å². The van der Waals surface area contributed by atoms with E-state index in [1.807, 2.05) is 24.3 Å². The van der Waals surface area contributed by atoms with E-state index in [1.54, 1.807) is 28.0 Å². The van der Waals surface area contributed by atoms with Gasteiger partial charge in [-0.2, -0.15) is 18.3 Å². The van der Waals surface area contributed by atoms with Crippen molar-refractivity contribution in [3.05, 3.63) is 66.0 Å². The van der Waals surface area contributed by atoms with E-state index in [2.05, 4.69) is 26.9 Å². The second-order valence-corrected chi connectivity index (χ2v) is 8.80. The van der Waals surface area contributed by atoms with E-state index in [0.717, 1.165) is 35.9 Å². The molecule has 0 saturated heterocycles. The van der Waals surface area contributed by atoms with Crippen LogP contribution in [0.15, 0.2) is 49.1 Å². The van der Waals surface area contributed by atoms with Crippen LogP contribution < -0.4 is 16.4 Å². The normalized spacial score (nSPS) is 21.3. The fourth-order valence-corrected chi connectivity index (χ4v) is 4.12. The lowest BCUT2D eigenvalue weighted by Gasteiger charge is -2.49. The summed E-state index contributed by atoms with van der Waals surface area (Å²) in [5.41, 5.74) is 15.8. The highest BCUT2D eigenvalue weighted by Gasteiger charge is 2.48. The predicted octanol–water partition coefficient (Wildman–Crippen LogP) is 2.90. The molecular weight excluding hydrogens is 457 g/mol. The van der Waals surface area contributed by atoms with Crippen molar-refractivity contribution in [2.24, 2.45) is 17.4 Å². The molecule has 0 spiro atoms. The first kappa shape index (κ1) is 23.3. The highest BCUT2D eigenvalue weighted by Crippen LogP contribution is 2.39. The quantitative estimate of drug-likeness (QED) is 0.552. The van der Waals surface area contributed by atoms with Crippen LogP contribution in [-0.4, -0.2) is 43.2 Å². The molecule has 1 saturated carbocycles. The van der Waals surface area contributed by atoms with Crippen molar-refractivity contribution in [2.45, 2.75) is 51.0 Å². The topological polar surface area (TPSA) is 102 Å². The number of rotatable bonds is 4. The number of nitrogens with two attached hydrogens (primary N) is 2. The van der Waals surface area contributed by atoms with Gasteiger partial charge >= 0.3 is 6.18 Å². The second kappa shape index (κ2) is 8.96. The van der Waals surface area contributed by atoms with Gasteiger partial charge in [0, 0.05) is 12.5 Å². The number of hydrogen-bond acceptors (Lipinski definition) is 7. The van der Waals surface area contributed by atoms with Crippen molar-refractivity contribution in [1.29, 1.82) is 0 Å². The summed E-state index contributed by atoms with van der Waals surface area (Å²) in [5, 5.41) is 4.10. The number of fused-ring (bicyclic) bond motifs is 1. The van der Waals surface area contributed by atoms with Crippen LogP contribution in [0.3, 0.4) is 0 Å². The Hall–Kier alpha value is -3.46. The summed E-state index contributed by atoms with van der Waals surface area (Å²) in [6, 6.07) is 9.14. The number of hydrogen-bond donors (Lipinski definition) is 2. The van der Waals surface area contributed by atoms with Crippen molar-refractivity contribution >= 4 is 5.69 Å². The molecule has 1 aromatic carbocycles. The van der Waals surface area contributed by atoms with E-state index < -0.39 is 24.7 Å². The van der Waals surface area contributed by atoms with Gasteiger partial charge in [0.15, 0.2) is 0 Å². The summed E-state index contributed by atoms with van der Waals surface area (Å²) in [5.74, 6) is 6.53. The van der Waals surface area contributed by atoms with Crippen molar-refractivity contribution < 1.29 is 13.2 Å². The van der Waals surface area contributed by atoms with Gasteiger partial charge in [-0.15, -0.1) is 0 Å². The Bertz CT molecular complexity index is 1240. The van der Waals surface area contributed by atoms with Gasteiger partial charge in [0.25, 0.3) is 0 Å². The Labute approximate surface area is 200 Å². The second-order valence-electron chi connectivity index (χ2n) is 8.80. The largest absolute Gasteiger partial charge is 0.403 e. The van der Waals surface area contributed by atoms with E-state index in [0.29, 0.717) is 23.0 Å². The Morgan fingerprint density at radius 2 is 1.86 bits per heavy atom. The van der Waals surface area contributed by atoms with Gasteiger partial charge in [-0.3, -0.25) is 5.73 Å². The van der Waals surface area contributed by atoms with Gasteiger partial charge in [-0.25, -0.2) is 19.5 Å². The van der Waals surface area contributed by atoms with Crippen molar-refractivity contribution in [1.82, 2.24) is 24.6 Å². The first-order valence-electron chi connectivity index (χ1n) is 11.3. The number of alkyl halides is 3. The molecule has 5 rings (SSSR count). The molecule has 0 bridgehead atoms. The van der Waals surface area contributed by atoms with Crippen molar-refractivity contribution in [3.63, 3.8) is 0 Å². The molecule has 3 unspecified atom stereocenters. The summed E-state index contributed by atoms with van der Waals surface area (Å²) in [6.07, 6.45) is -1.62. The number of nitrogens with zero attached hydrogens (tertiary/aromatic N) is 6. The van der Waals surface area contributed by atoms with Gasteiger partial charge in [0.1, 0.15) is 36.8 Å². The molecule has 0 radical (unpaired) electrons. The summed E-state index contributed by atoms with van der Waals surface area (Å²) in [4.78, 5) is 11.2. The highest BCUT2D eigenvalue weighted by atomic mass is 19.4. The number of aromatic nitrogens is 4. The van der Waals surface area contributed by atoms with E-state index in [1.165, 1.54) is 6.33 Å². The molecule has 3 atom stereocenters. The summed E-state index contributed by atoms with van der Waals surface area (Å²) in [7, 11) is 0. The molecule has 2 aromatic heterocycles. The molecule has 3 heterocycles. The zero-order chi connectivity index (χ0) is 24.7. The molecule has 8 nitrogen and oxygen atoms in total.